The number of hydrogen-bond acceptors (Lipinski definition) is 0. The van der Waals surface area contributed by atoms with Gasteiger partial charge < -0.3 is 0 Å². The van der Waals surface area contributed by atoms with Gasteiger partial charge in [-0.2, -0.15) is 39.5 Å². The summed E-state index contributed by atoms with van der Waals surface area (Å²) < 4.78 is 118. The zero-order valence-corrected chi connectivity index (χ0v) is 10.6. The maximum atomic E-state index is 11.1. The molecule has 0 aliphatic heterocycles. The summed E-state index contributed by atoms with van der Waals surface area (Å²) in [4.78, 5) is 0. The molecule has 13 heteroatoms. The highest BCUT2D eigenvalue weighted by atomic mass is 35.5. The molecule has 1 unspecified atom stereocenters. The van der Waals surface area contributed by atoms with Crippen molar-refractivity contribution in [1.29, 1.82) is 0 Å². The van der Waals surface area contributed by atoms with Crippen LogP contribution in [0.4, 0.5) is 48.3 Å². The van der Waals surface area contributed by atoms with Gasteiger partial charge in [0.1, 0.15) is 6.42 Å². The van der Waals surface area contributed by atoms with Crippen LogP contribution in [-0.4, -0.2) is 36.7 Å². The van der Waals surface area contributed by atoms with E-state index >= 15 is 0 Å². The Morgan fingerprint density at radius 2 is 0.950 bits per heavy atom. The lowest BCUT2D eigenvalue weighted by Crippen LogP contribution is -2.20. The fourth-order valence-electron chi connectivity index (χ4n) is 0.227. The van der Waals surface area contributed by atoms with E-state index in [-0.39, 0.29) is 5.88 Å². The SMILES string of the molecule is FC(Cl)CCl.FC(F)(F)CC(F)(F)F.FCC(F)(F)F. The Bertz CT molecular complexity index is 204. The van der Waals surface area contributed by atoms with Crippen molar-refractivity contribution < 1.29 is 48.3 Å². The molecule has 0 saturated heterocycles. The quantitative estimate of drug-likeness (QED) is 0.405. The Kier molecular flexibility index (Phi) is 13.1. The number of halogens is 13. The van der Waals surface area contributed by atoms with Gasteiger partial charge in [0.05, 0.1) is 5.88 Å². The predicted molar refractivity (Wildman–Crippen MR) is 50.2 cm³/mol. The summed E-state index contributed by atoms with van der Waals surface area (Å²) in [5.41, 5.74) is -1.38. The van der Waals surface area contributed by atoms with E-state index in [2.05, 4.69) is 11.6 Å². The molecule has 0 aliphatic carbocycles. The Morgan fingerprint density at radius 1 is 0.750 bits per heavy atom. The molecule has 0 saturated carbocycles. The average Bonchev–Trinajstić information content (AvgIpc) is 2.12. The van der Waals surface area contributed by atoms with E-state index in [4.69, 9.17) is 11.6 Å². The first-order valence-corrected chi connectivity index (χ1v) is 5.11. The maximum absolute atomic E-state index is 11.1. The van der Waals surface area contributed by atoms with Crippen LogP contribution in [0.25, 0.3) is 0 Å². The van der Waals surface area contributed by atoms with Gasteiger partial charge in [0, 0.05) is 0 Å². The van der Waals surface area contributed by atoms with Gasteiger partial charge in [0.2, 0.25) is 0 Å². The molecule has 126 valence electrons. The number of rotatable bonds is 1. The molecule has 0 heterocycles. The van der Waals surface area contributed by atoms with Crippen LogP contribution in [-0.2, 0) is 0 Å². The minimum Gasteiger partial charge on any atom is -0.241 e. The molecule has 1 atom stereocenters. The molecule has 0 rings (SSSR count). The topological polar surface area (TPSA) is 0 Å². The van der Waals surface area contributed by atoms with E-state index in [0.717, 1.165) is 0 Å². The molecule has 0 bridgehead atoms. The predicted octanol–water partition coefficient (Wildman–Crippen LogP) is 5.78. The average molecular weight is 371 g/mol. The zero-order valence-electron chi connectivity index (χ0n) is 9.11. The van der Waals surface area contributed by atoms with Gasteiger partial charge in [-0.1, -0.05) is 11.6 Å². The summed E-state index contributed by atoms with van der Waals surface area (Å²) in [5.74, 6) is -0.123. The van der Waals surface area contributed by atoms with Crippen molar-refractivity contribution in [3.05, 3.63) is 0 Å². The molecular formula is C7H7Cl2F11. The van der Waals surface area contributed by atoms with Gasteiger partial charge >= 0.3 is 18.5 Å². The van der Waals surface area contributed by atoms with Gasteiger partial charge in [0.15, 0.2) is 12.3 Å². The Hall–Kier alpha value is -0.190. The molecule has 20 heavy (non-hydrogen) atoms. The van der Waals surface area contributed by atoms with E-state index in [0.29, 0.717) is 0 Å². The minimum atomic E-state index is -5.14. The van der Waals surface area contributed by atoms with Gasteiger partial charge in [-0.3, -0.25) is 0 Å². The number of alkyl halides is 13. The second-order valence-electron chi connectivity index (χ2n) is 2.70. The third kappa shape index (κ3) is 43.1. The first kappa shape index (κ1) is 24.8. The summed E-state index contributed by atoms with van der Waals surface area (Å²) >= 11 is 9.49. The van der Waals surface area contributed by atoms with Crippen molar-refractivity contribution in [3.8, 4) is 0 Å². The van der Waals surface area contributed by atoms with Crippen LogP contribution < -0.4 is 0 Å². The summed E-state index contributed by atoms with van der Waals surface area (Å²) in [6.07, 6.45) is -17.6. The summed E-state index contributed by atoms with van der Waals surface area (Å²) in [7, 11) is 0. The standard InChI is InChI=1S/C3H2F6.C2H3Cl2F.C2H2F4/c4-2(5,6)1-3(7,8)9;3-1-2(4)5;3-1-2(4,5)6/h1H2;2H,1H2;1H2. The Morgan fingerprint density at radius 3 is 0.950 bits per heavy atom. The zero-order chi connectivity index (χ0) is 17.2. The van der Waals surface area contributed by atoms with Crippen molar-refractivity contribution in [2.24, 2.45) is 0 Å². The fraction of sp³-hybridized carbons (Fsp3) is 1.00. The molecule has 0 spiro atoms. The summed E-state index contributed by atoms with van der Waals surface area (Å²) in [6, 6.07) is 0. The molecule has 0 aromatic rings. The maximum Gasteiger partial charge on any atom is 0.416 e. The van der Waals surface area contributed by atoms with E-state index < -0.39 is 37.3 Å². The van der Waals surface area contributed by atoms with Crippen LogP contribution >= 0.6 is 23.2 Å². The molecule has 0 aromatic carbocycles. The summed E-state index contributed by atoms with van der Waals surface area (Å²) in [6.45, 7) is -2.23. The van der Waals surface area contributed by atoms with Crippen LogP contribution in [0.1, 0.15) is 6.42 Å². The molecule has 0 radical (unpaired) electrons. The molecule has 0 nitrogen and oxygen atoms in total. The molecule has 0 aromatic heterocycles. The molecule has 0 N–H and O–H groups in total. The normalized spacial score (nSPS) is 13.7. The van der Waals surface area contributed by atoms with Crippen LogP contribution in [0, 0.1) is 0 Å². The lowest BCUT2D eigenvalue weighted by molar-refractivity contribution is -0.232. The van der Waals surface area contributed by atoms with Crippen LogP contribution in [0.2, 0.25) is 0 Å². The molecule has 0 aliphatic rings. The van der Waals surface area contributed by atoms with E-state index in [1.807, 2.05) is 0 Å². The monoisotopic (exact) mass is 370 g/mol. The highest BCUT2D eigenvalue weighted by Gasteiger charge is 2.43. The highest BCUT2D eigenvalue weighted by molar-refractivity contribution is 6.27. The van der Waals surface area contributed by atoms with Crippen molar-refractivity contribution in [3.63, 3.8) is 0 Å². The smallest absolute Gasteiger partial charge is 0.241 e. The van der Waals surface area contributed by atoms with Crippen LogP contribution in [0.3, 0.4) is 0 Å². The Labute approximate surface area is 115 Å². The van der Waals surface area contributed by atoms with Crippen molar-refractivity contribution in [1.82, 2.24) is 0 Å². The van der Waals surface area contributed by atoms with Crippen LogP contribution in [0.15, 0.2) is 0 Å². The Balaban J connectivity index is -0.000000230. The lowest BCUT2D eigenvalue weighted by Gasteiger charge is -2.08. The van der Waals surface area contributed by atoms with Gasteiger partial charge in [0.25, 0.3) is 0 Å². The molecule has 0 amide bonds. The van der Waals surface area contributed by atoms with Crippen LogP contribution in [0.5, 0.6) is 0 Å². The van der Waals surface area contributed by atoms with Crippen molar-refractivity contribution >= 4 is 23.2 Å². The third-order valence-electron chi connectivity index (χ3n) is 0.669. The highest BCUT2D eigenvalue weighted by Crippen LogP contribution is 2.31. The van der Waals surface area contributed by atoms with Gasteiger partial charge in [-0.15, -0.1) is 11.6 Å². The largest absolute Gasteiger partial charge is 0.416 e. The first-order valence-electron chi connectivity index (χ1n) is 4.14. The van der Waals surface area contributed by atoms with Crippen molar-refractivity contribution in [2.75, 3.05) is 12.6 Å². The second kappa shape index (κ2) is 10.5. The molecular weight excluding hydrogens is 364 g/mol. The van der Waals surface area contributed by atoms with Crippen molar-refractivity contribution in [2.45, 2.75) is 30.6 Å². The van der Waals surface area contributed by atoms with Gasteiger partial charge in [-0.05, 0) is 0 Å². The molecule has 0 fully saturated rings. The fourth-order valence-corrected chi connectivity index (χ4v) is 0.227. The lowest BCUT2D eigenvalue weighted by atomic mass is 10.4. The third-order valence-corrected chi connectivity index (χ3v) is 1.25. The first-order chi connectivity index (χ1) is 8.54. The second-order valence-corrected chi connectivity index (χ2v) is 3.48. The van der Waals surface area contributed by atoms with Gasteiger partial charge in [-0.25, -0.2) is 8.78 Å². The number of hydrogen-bond donors (Lipinski definition) is 0. The van der Waals surface area contributed by atoms with E-state index in [1.54, 1.807) is 0 Å². The van der Waals surface area contributed by atoms with E-state index in [1.165, 1.54) is 0 Å². The van der Waals surface area contributed by atoms with E-state index in [9.17, 15) is 48.3 Å². The minimum absolute atomic E-state index is 0.123. The summed E-state index contributed by atoms with van der Waals surface area (Å²) in [5, 5.41) is 0.